The monoisotopic (exact) mass is 244 g/mol. The highest BCUT2D eigenvalue weighted by atomic mass is 16.5. The smallest absolute Gasteiger partial charge is 0.226 e. The molecule has 94 valence electrons. The molecule has 0 aromatic heterocycles. The minimum atomic E-state index is -0.524. The van der Waals surface area contributed by atoms with E-state index in [4.69, 9.17) is 4.74 Å². The number of carbonyl (C=O) groups is 1. The van der Waals surface area contributed by atoms with Crippen molar-refractivity contribution in [2.24, 2.45) is 5.92 Å². The summed E-state index contributed by atoms with van der Waals surface area (Å²) in [7, 11) is 3.29. The first-order valence-corrected chi connectivity index (χ1v) is 5.97. The molecule has 0 saturated heterocycles. The lowest BCUT2D eigenvalue weighted by Gasteiger charge is -2.23. The van der Waals surface area contributed by atoms with Gasteiger partial charge in [0, 0.05) is 13.0 Å². The molecular weight excluding hydrogens is 228 g/mol. The van der Waals surface area contributed by atoms with Crippen LogP contribution < -0.4 is 4.74 Å². The first-order valence-electron chi connectivity index (χ1n) is 5.97. The second-order valence-electron chi connectivity index (χ2n) is 4.53. The number of amides is 1. The van der Waals surface area contributed by atoms with Gasteiger partial charge in [0.25, 0.3) is 0 Å². The van der Waals surface area contributed by atoms with Crippen LogP contribution >= 0.6 is 0 Å². The number of hydrogen-bond acceptors (Lipinski definition) is 3. The Hall–Kier alpha value is -2.02. The lowest BCUT2D eigenvalue weighted by atomic mass is 10.1. The van der Waals surface area contributed by atoms with Crippen molar-refractivity contribution in [2.75, 3.05) is 14.2 Å². The van der Waals surface area contributed by atoms with Gasteiger partial charge in [0.1, 0.15) is 11.8 Å². The third-order valence-corrected chi connectivity index (χ3v) is 3.22. The maximum absolute atomic E-state index is 12.0. The van der Waals surface area contributed by atoms with Gasteiger partial charge in [-0.25, -0.2) is 0 Å². The zero-order chi connectivity index (χ0) is 13.1. The van der Waals surface area contributed by atoms with Crippen molar-refractivity contribution in [2.45, 2.75) is 18.9 Å². The predicted molar refractivity (Wildman–Crippen MR) is 66.8 cm³/mol. The molecule has 1 atom stereocenters. The van der Waals surface area contributed by atoms with Crippen LogP contribution in [-0.2, 0) is 4.79 Å². The Kier molecular flexibility index (Phi) is 3.52. The summed E-state index contributed by atoms with van der Waals surface area (Å²) in [4.78, 5) is 13.5. The molecule has 0 N–H and O–H groups in total. The van der Waals surface area contributed by atoms with Crippen LogP contribution in [0.25, 0.3) is 0 Å². The Labute approximate surface area is 107 Å². The van der Waals surface area contributed by atoms with Gasteiger partial charge in [-0.2, -0.15) is 5.26 Å². The van der Waals surface area contributed by atoms with Crippen molar-refractivity contribution in [1.82, 2.24) is 4.90 Å². The number of carbonyl (C=O) groups excluding carboxylic acids is 1. The van der Waals surface area contributed by atoms with E-state index in [-0.39, 0.29) is 11.8 Å². The molecule has 4 heteroatoms. The molecule has 1 saturated carbocycles. The fraction of sp³-hybridized carbons (Fsp3) is 0.429. The quantitative estimate of drug-likeness (QED) is 0.815. The second kappa shape index (κ2) is 5.09. The molecule has 1 aromatic rings. The van der Waals surface area contributed by atoms with Crippen LogP contribution in [-0.4, -0.2) is 25.0 Å². The summed E-state index contributed by atoms with van der Waals surface area (Å²) in [5.41, 5.74) is 0.815. The minimum Gasteiger partial charge on any atom is -0.497 e. The van der Waals surface area contributed by atoms with E-state index in [1.54, 1.807) is 31.2 Å². The number of nitriles is 1. The zero-order valence-electron chi connectivity index (χ0n) is 10.6. The van der Waals surface area contributed by atoms with Crippen LogP contribution in [0, 0.1) is 17.2 Å². The minimum absolute atomic E-state index is 0.0670. The predicted octanol–water partition coefficient (Wildman–Crippen LogP) is 2.13. The molecule has 18 heavy (non-hydrogen) atoms. The molecule has 1 aliphatic carbocycles. The van der Waals surface area contributed by atoms with Gasteiger partial charge in [-0.3, -0.25) is 4.79 Å². The van der Waals surface area contributed by atoms with Crippen molar-refractivity contribution in [3.05, 3.63) is 29.8 Å². The summed E-state index contributed by atoms with van der Waals surface area (Å²) in [6, 6.07) is 8.91. The van der Waals surface area contributed by atoms with Gasteiger partial charge in [0.2, 0.25) is 5.91 Å². The molecule has 1 aromatic carbocycles. The summed E-state index contributed by atoms with van der Waals surface area (Å²) in [6.45, 7) is 0. The normalized spacial score (nSPS) is 15.6. The van der Waals surface area contributed by atoms with E-state index < -0.39 is 6.04 Å². The van der Waals surface area contributed by atoms with Crippen LogP contribution in [0.15, 0.2) is 24.3 Å². The first kappa shape index (κ1) is 12.4. The lowest BCUT2D eigenvalue weighted by molar-refractivity contribution is -0.132. The van der Waals surface area contributed by atoms with E-state index in [1.807, 2.05) is 12.1 Å². The average Bonchev–Trinajstić information content (AvgIpc) is 3.23. The lowest BCUT2D eigenvalue weighted by Crippen LogP contribution is -2.31. The number of benzene rings is 1. The highest BCUT2D eigenvalue weighted by Crippen LogP contribution is 2.33. The van der Waals surface area contributed by atoms with Gasteiger partial charge in [-0.05, 0) is 30.5 Å². The van der Waals surface area contributed by atoms with Crippen LogP contribution in [0.1, 0.15) is 24.4 Å². The summed E-state index contributed by atoms with van der Waals surface area (Å²) in [5, 5.41) is 9.25. The molecule has 0 radical (unpaired) electrons. The summed E-state index contributed by atoms with van der Waals surface area (Å²) in [6.07, 6.45) is 1.90. The SMILES string of the molecule is COc1ccc(C(C#N)N(C)C(=O)C2CC2)cc1. The molecule has 1 unspecified atom stereocenters. The zero-order valence-corrected chi connectivity index (χ0v) is 10.6. The average molecular weight is 244 g/mol. The molecule has 0 heterocycles. The Morgan fingerprint density at radius 3 is 2.50 bits per heavy atom. The maximum atomic E-state index is 12.0. The van der Waals surface area contributed by atoms with Crippen LogP contribution in [0.5, 0.6) is 5.75 Å². The van der Waals surface area contributed by atoms with Crippen LogP contribution in [0.4, 0.5) is 0 Å². The molecule has 0 aliphatic heterocycles. The standard InChI is InChI=1S/C14H16N2O2/c1-16(14(17)11-3-4-11)13(9-15)10-5-7-12(18-2)8-6-10/h5-8,11,13H,3-4H2,1-2H3. The number of methoxy groups -OCH3 is 1. The molecule has 0 spiro atoms. The number of hydrogen-bond donors (Lipinski definition) is 0. The van der Waals surface area contributed by atoms with E-state index >= 15 is 0 Å². The Morgan fingerprint density at radius 1 is 1.44 bits per heavy atom. The second-order valence-corrected chi connectivity index (χ2v) is 4.53. The summed E-state index contributed by atoms with van der Waals surface area (Å²) < 4.78 is 5.08. The van der Waals surface area contributed by atoms with Crippen molar-refractivity contribution >= 4 is 5.91 Å². The van der Waals surface area contributed by atoms with Crippen LogP contribution in [0.3, 0.4) is 0 Å². The molecule has 2 rings (SSSR count). The number of rotatable bonds is 4. The van der Waals surface area contributed by atoms with Crippen molar-refractivity contribution < 1.29 is 9.53 Å². The third kappa shape index (κ3) is 2.45. The topological polar surface area (TPSA) is 53.3 Å². The van der Waals surface area contributed by atoms with E-state index in [0.717, 1.165) is 24.2 Å². The van der Waals surface area contributed by atoms with Crippen molar-refractivity contribution in [3.63, 3.8) is 0 Å². The van der Waals surface area contributed by atoms with Gasteiger partial charge in [-0.15, -0.1) is 0 Å². The van der Waals surface area contributed by atoms with E-state index in [2.05, 4.69) is 6.07 Å². The van der Waals surface area contributed by atoms with Gasteiger partial charge < -0.3 is 9.64 Å². The third-order valence-electron chi connectivity index (χ3n) is 3.22. The Bertz CT molecular complexity index is 472. The van der Waals surface area contributed by atoms with Crippen LogP contribution in [0.2, 0.25) is 0 Å². The fourth-order valence-electron chi connectivity index (χ4n) is 1.92. The Morgan fingerprint density at radius 2 is 2.06 bits per heavy atom. The van der Waals surface area contributed by atoms with Crippen molar-refractivity contribution in [1.29, 1.82) is 5.26 Å². The highest BCUT2D eigenvalue weighted by molar-refractivity contribution is 5.81. The largest absolute Gasteiger partial charge is 0.497 e. The fourth-order valence-corrected chi connectivity index (χ4v) is 1.92. The van der Waals surface area contributed by atoms with Gasteiger partial charge >= 0.3 is 0 Å². The van der Waals surface area contributed by atoms with Gasteiger partial charge in [0.15, 0.2) is 0 Å². The maximum Gasteiger partial charge on any atom is 0.226 e. The molecule has 1 aliphatic rings. The summed E-state index contributed by atoms with van der Waals surface area (Å²) in [5.74, 6) is 0.938. The van der Waals surface area contributed by atoms with Crippen molar-refractivity contribution in [3.8, 4) is 11.8 Å². The number of ether oxygens (including phenoxy) is 1. The van der Waals surface area contributed by atoms with E-state index in [0.29, 0.717) is 0 Å². The molecular formula is C14H16N2O2. The summed E-state index contributed by atoms with van der Waals surface area (Å²) >= 11 is 0. The molecule has 0 bridgehead atoms. The van der Waals surface area contributed by atoms with Gasteiger partial charge in [-0.1, -0.05) is 12.1 Å². The van der Waals surface area contributed by atoms with E-state index in [9.17, 15) is 10.1 Å². The molecule has 4 nitrogen and oxygen atoms in total. The van der Waals surface area contributed by atoms with E-state index in [1.165, 1.54) is 0 Å². The van der Waals surface area contributed by atoms with Gasteiger partial charge in [0.05, 0.1) is 13.2 Å². The number of nitrogens with zero attached hydrogens (tertiary/aromatic N) is 2. The molecule has 1 amide bonds. The highest BCUT2D eigenvalue weighted by Gasteiger charge is 2.34. The Balaban J connectivity index is 2.16. The first-order chi connectivity index (χ1) is 8.67. The molecule has 1 fully saturated rings.